The Labute approximate surface area is 153 Å². The first-order valence-corrected chi connectivity index (χ1v) is 18.6. The van der Waals surface area contributed by atoms with Crippen molar-refractivity contribution in [3.63, 3.8) is 0 Å². The minimum absolute atomic E-state index is 0.606. The van der Waals surface area contributed by atoms with Gasteiger partial charge in [-0.1, -0.05) is 0 Å². The van der Waals surface area contributed by atoms with E-state index in [0.29, 0.717) is 5.82 Å². The summed E-state index contributed by atoms with van der Waals surface area (Å²) in [6.07, 6.45) is 2.81. The van der Waals surface area contributed by atoms with Gasteiger partial charge < -0.3 is 0 Å². The van der Waals surface area contributed by atoms with Crippen LogP contribution in [0.15, 0.2) is 30.5 Å². The molecular weight excluding hydrogens is 419 g/mol. The zero-order valence-corrected chi connectivity index (χ0v) is 18.5. The molecule has 0 bridgehead atoms. The number of fused-ring (bicyclic) bond motifs is 1. The van der Waals surface area contributed by atoms with Gasteiger partial charge in [0.1, 0.15) is 0 Å². The minimum atomic E-state index is -2.44. The maximum absolute atomic E-state index is 6.27. The van der Waals surface area contributed by atoms with Crippen molar-refractivity contribution < 1.29 is 4.74 Å². The van der Waals surface area contributed by atoms with Gasteiger partial charge in [-0.2, -0.15) is 0 Å². The van der Waals surface area contributed by atoms with Crippen LogP contribution in [0.1, 0.15) is 18.1 Å². The molecule has 3 aromatic rings. The Morgan fingerprint density at radius 2 is 1.84 bits per heavy atom. The molecule has 5 nitrogen and oxygen atoms in total. The van der Waals surface area contributed by atoms with E-state index in [1.165, 1.54) is 14.8 Å². The van der Waals surface area contributed by atoms with Crippen LogP contribution in [0.5, 0.6) is 5.75 Å². The van der Waals surface area contributed by atoms with E-state index in [2.05, 4.69) is 43.5 Å². The van der Waals surface area contributed by atoms with Crippen LogP contribution in [-0.4, -0.2) is 40.3 Å². The van der Waals surface area contributed by atoms with Gasteiger partial charge in [-0.25, -0.2) is 0 Å². The van der Waals surface area contributed by atoms with Crippen molar-refractivity contribution in [3.05, 3.63) is 41.6 Å². The first-order valence-electron chi connectivity index (χ1n) is 8.62. The summed E-state index contributed by atoms with van der Waals surface area (Å²) in [6.45, 7) is 2.87. The number of benzene rings is 1. The van der Waals surface area contributed by atoms with Crippen LogP contribution >= 0.6 is 0 Å². The summed E-state index contributed by atoms with van der Waals surface area (Å²) < 4.78 is 8.58. The summed E-state index contributed by atoms with van der Waals surface area (Å²) in [5, 5.41) is 6.11. The third-order valence-electron chi connectivity index (χ3n) is 4.45. The normalized spacial score (nSPS) is 11.9. The molecule has 3 rings (SSSR count). The second kappa shape index (κ2) is 6.86. The summed E-state index contributed by atoms with van der Waals surface area (Å²) in [6, 6.07) is 8.15. The van der Waals surface area contributed by atoms with Gasteiger partial charge in [0.2, 0.25) is 0 Å². The van der Waals surface area contributed by atoms with Gasteiger partial charge in [0.15, 0.2) is 0 Å². The van der Waals surface area contributed by atoms with Gasteiger partial charge in [-0.3, -0.25) is 0 Å². The van der Waals surface area contributed by atoms with Crippen molar-refractivity contribution in [2.75, 3.05) is 12.8 Å². The fourth-order valence-corrected chi connectivity index (χ4v) is 7.15. The number of nitrogens with two attached hydrogens (primary N) is 1. The number of aromatic nitrogens is 3. The molecule has 0 atom stereocenters. The van der Waals surface area contributed by atoms with Crippen molar-refractivity contribution in [1.29, 1.82) is 0 Å². The SMILES string of the molecule is CCc1cnc(N)c2[c]([Sn]([CH3])([CH3])[CH3])nn(Cc3ccc(OC)cc3)c12. The summed E-state index contributed by atoms with van der Waals surface area (Å²) in [5.41, 5.74) is 9.81. The molecular formula is C19H26N4OSn. The molecule has 2 heterocycles. The Morgan fingerprint density at radius 1 is 1.16 bits per heavy atom. The van der Waals surface area contributed by atoms with Crippen LogP contribution in [0.4, 0.5) is 5.82 Å². The zero-order valence-electron chi connectivity index (χ0n) is 15.6. The van der Waals surface area contributed by atoms with E-state index in [-0.39, 0.29) is 0 Å². The molecule has 1 aromatic carbocycles. The number of rotatable bonds is 5. The molecule has 6 heteroatoms. The molecule has 0 aliphatic rings. The second-order valence-electron chi connectivity index (χ2n) is 7.35. The van der Waals surface area contributed by atoms with Crippen molar-refractivity contribution in [2.45, 2.75) is 34.7 Å². The van der Waals surface area contributed by atoms with Crippen LogP contribution in [0.2, 0.25) is 14.8 Å². The first-order chi connectivity index (χ1) is 11.8. The standard InChI is InChI=1S/C16H17N4O.3CH3.Sn/c1-3-12-8-18-16(17)14-9-19-20(15(12)14)10-11-4-6-13(21-2)7-5-11;;;;/h4-8H,3,10H2,1-2H3,(H2,17,18);3*1H3;. The number of ether oxygens (including phenoxy) is 1. The fraction of sp³-hybridized carbons (Fsp3) is 0.368. The number of methoxy groups -OCH3 is 1. The summed E-state index contributed by atoms with van der Waals surface area (Å²) >= 11 is -2.44. The van der Waals surface area contributed by atoms with Crippen LogP contribution in [0.25, 0.3) is 10.9 Å². The third-order valence-corrected chi connectivity index (χ3v) is 9.51. The Balaban J connectivity index is 2.18. The predicted molar refractivity (Wildman–Crippen MR) is 106 cm³/mol. The Morgan fingerprint density at radius 3 is 2.40 bits per heavy atom. The van der Waals surface area contributed by atoms with Crippen molar-refractivity contribution >= 4 is 38.8 Å². The van der Waals surface area contributed by atoms with Gasteiger partial charge in [0, 0.05) is 0 Å². The number of anilines is 1. The quantitative estimate of drug-likeness (QED) is 0.613. The second-order valence-corrected chi connectivity index (χ2v) is 21.5. The van der Waals surface area contributed by atoms with E-state index in [1.54, 1.807) is 7.11 Å². The maximum atomic E-state index is 6.27. The molecule has 0 radical (unpaired) electrons. The molecule has 0 unspecified atom stereocenters. The topological polar surface area (TPSA) is 66.0 Å². The molecule has 0 fully saturated rings. The first kappa shape index (κ1) is 18.0. The molecule has 0 aliphatic carbocycles. The van der Waals surface area contributed by atoms with Gasteiger partial charge >= 0.3 is 153 Å². The Bertz CT molecular complexity index is 894. The van der Waals surface area contributed by atoms with E-state index in [4.69, 9.17) is 15.6 Å². The van der Waals surface area contributed by atoms with Crippen molar-refractivity contribution in [3.8, 4) is 5.75 Å². The molecule has 0 aliphatic heterocycles. The third kappa shape index (κ3) is 3.47. The van der Waals surface area contributed by atoms with Crippen LogP contribution in [0.3, 0.4) is 0 Å². The monoisotopic (exact) mass is 446 g/mol. The van der Waals surface area contributed by atoms with Crippen molar-refractivity contribution in [1.82, 2.24) is 14.8 Å². The molecule has 25 heavy (non-hydrogen) atoms. The Hall–Kier alpha value is -1.76. The molecule has 132 valence electrons. The fourth-order valence-electron chi connectivity index (χ4n) is 3.11. The molecule has 0 amide bonds. The number of nitrogen functional groups attached to an aromatic ring is 1. The number of hydrogen-bond acceptors (Lipinski definition) is 4. The number of aryl methyl sites for hydroxylation is 1. The summed E-state index contributed by atoms with van der Waals surface area (Å²) in [4.78, 5) is 11.5. The van der Waals surface area contributed by atoms with Crippen LogP contribution in [-0.2, 0) is 13.0 Å². The average Bonchev–Trinajstić information content (AvgIpc) is 2.97. The molecule has 2 N–H and O–H groups in total. The van der Waals surface area contributed by atoms with Crippen LogP contribution in [0, 0.1) is 0 Å². The van der Waals surface area contributed by atoms with E-state index < -0.39 is 18.4 Å². The van der Waals surface area contributed by atoms with Gasteiger partial charge in [0.05, 0.1) is 0 Å². The van der Waals surface area contributed by atoms with Gasteiger partial charge in [-0.05, 0) is 0 Å². The van der Waals surface area contributed by atoms with Gasteiger partial charge in [0.25, 0.3) is 0 Å². The summed E-state index contributed by atoms with van der Waals surface area (Å²) in [5.74, 6) is 1.47. The van der Waals surface area contributed by atoms with Crippen molar-refractivity contribution in [2.24, 2.45) is 0 Å². The zero-order chi connectivity index (χ0) is 18.2. The Kier molecular flexibility index (Phi) is 4.95. The predicted octanol–water partition coefficient (Wildman–Crippen LogP) is 3.18. The summed E-state index contributed by atoms with van der Waals surface area (Å²) in [7, 11) is 1.68. The average molecular weight is 445 g/mol. The van der Waals surface area contributed by atoms with Crippen LogP contribution < -0.4 is 14.2 Å². The molecule has 0 saturated heterocycles. The van der Waals surface area contributed by atoms with Gasteiger partial charge in [-0.15, -0.1) is 0 Å². The number of nitrogens with zero attached hydrogens (tertiary/aromatic N) is 3. The number of hydrogen-bond donors (Lipinski definition) is 1. The number of pyridine rings is 1. The molecule has 0 saturated carbocycles. The van der Waals surface area contributed by atoms with E-state index >= 15 is 0 Å². The molecule has 2 aromatic heterocycles. The molecule has 0 spiro atoms. The van der Waals surface area contributed by atoms with E-state index in [1.807, 2.05) is 18.3 Å². The van der Waals surface area contributed by atoms with E-state index in [0.717, 1.165) is 29.6 Å². The van der Waals surface area contributed by atoms with E-state index in [9.17, 15) is 0 Å².